The van der Waals surface area contributed by atoms with Crippen LogP contribution < -0.4 is 11.1 Å². The third-order valence-corrected chi connectivity index (χ3v) is 5.11. The fraction of sp³-hybridized carbons (Fsp3) is 0.714. The molecule has 1 aromatic heterocycles. The van der Waals surface area contributed by atoms with E-state index in [2.05, 4.69) is 29.1 Å². The van der Waals surface area contributed by atoms with Crippen LogP contribution in [0.3, 0.4) is 0 Å². The highest BCUT2D eigenvalue weighted by Crippen LogP contribution is 2.33. The van der Waals surface area contributed by atoms with Crippen molar-refractivity contribution in [3.63, 3.8) is 0 Å². The molecule has 1 aliphatic rings. The molecule has 5 nitrogen and oxygen atoms in total. The molecule has 0 spiro atoms. The molecule has 3 atom stereocenters. The minimum absolute atomic E-state index is 0.287. The number of thioether (sulfide) groups is 1. The Morgan fingerprint density at radius 2 is 2.19 bits per heavy atom. The summed E-state index contributed by atoms with van der Waals surface area (Å²) >= 11 is 7.71. The van der Waals surface area contributed by atoms with Crippen molar-refractivity contribution in [2.24, 2.45) is 5.92 Å². The summed E-state index contributed by atoms with van der Waals surface area (Å²) in [7, 11) is 1.76. The number of hydrogen-bond acceptors (Lipinski definition) is 6. The smallest absolute Gasteiger partial charge is 0.191 e. The summed E-state index contributed by atoms with van der Waals surface area (Å²) in [4.78, 5) is 8.72. The molecule has 0 radical (unpaired) electrons. The molecule has 0 aromatic carbocycles. The Morgan fingerprint density at radius 1 is 1.43 bits per heavy atom. The number of hydrogen-bond donors (Lipinski definition) is 2. The largest absolute Gasteiger partial charge is 0.393 e. The molecule has 0 saturated heterocycles. The number of nitrogens with one attached hydrogen (secondary N) is 1. The highest BCUT2D eigenvalue weighted by atomic mass is 35.5. The van der Waals surface area contributed by atoms with Gasteiger partial charge >= 0.3 is 0 Å². The van der Waals surface area contributed by atoms with Gasteiger partial charge in [0.05, 0.1) is 6.10 Å². The first-order valence-corrected chi connectivity index (χ1v) is 8.66. The van der Waals surface area contributed by atoms with E-state index in [4.69, 9.17) is 22.1 Å². The molecule has 7 heteroatoms. The second-order valence-corrected chi connectivity index (χ2v) is 6.89. The molecule has 0 aliphatic heterocycles. The maximum atomic E-state index is 6.11. The van der Waals surface area contributed by atoms with E-state index < -0.39 is 0 Å². The van der Waals surface area contributed by atoms with Crippen molar-refractivity contribution in [3.05, 3.63) is 5.15 Å². The van der Waals surface area contributed by atoms with Crippen molar-refractivity contribution in [3.8, 4) is 0 Å². The van der Waals surface area contributed by atoms with Gasteiger partial charge in [0.25, 0.3) is 0 Å². The summed E-state index contributed by atoms with van der Waals surface area (Å²) in [6, 6.07) is 0.308. The average molecular weight is 331 g/mol. The number of nitrogen functional groups attached to an aromatic ring is 1. The Balaban J connectivity index is 2.10. The summed E-state index contributed by atoms with van der Waals surface area (Å²) in [5, 5.41) is 4.40. The summed E-state index contributed by atoms with van der Waals surface area (Å²) in [5.74, 6) is 2.13. The molecule has 21 heavy (non-hydrogen) atoms. The zero-order chi connectivity index (χ0) is 15.4. The second-order valence-electron chi connectivity index (χ2n) is 5.47. The van der Waals surface area contributed by atoms with Gasteiger partial charge in [0.1, 0.15) is 5.69 Å². The first kappa shape index (κ1) is 16.6. The first-order chi connectivity index (χ1) is 10.0. The van der Waals surface area contributed by atoms with Crippen molar-refractivity contribution in [1.82, 2.24) is 9.97 Å². The summed E-state index contributed by atoms with van der Waals surface area (Å²) in [6.45, 7) is 4.32. The Labute approximate surface area is 135 Å². The standard InChI is InChI=1S/C14H23ClN4OS/c1-4-5-21-14-18-12(15)11(16)13(19-14)17-9-6-8(2)10(7-9)20-3/h8-10H,4-7,16H2,1-3H3,(H,17,18,19). The third kappa shape index (κ3) is 4.14. The van der Waals surface area contributed by atoms with Crippen molar-refractivity contribution in [2.75, 3.05) is 23.9 Å². The third-order valence-electron chi connectivity index (χ3n) is 3.77. The quantitative estimate of drug-likeness (QED) is 0.473. The van der Waals surface area contributed by atoms with Crippen molar-refractivity contribution < 1.29 is 4.74 Å². The number of halogens is 1. The molecule has 3 unspecified atom stereocenters. The molecule has 0 amide bonds. The van der Waals surface area contributed by atoms with E-state index in [0.717, 1.165) is 25.0 Å². The normalized spacial score (nSPS) is 25.2. The molecule has 1 aliphatic carbocycles. The van der Waals surface area contributed by atoms with E-state index in [1.807, 2.05) is 0 Å². The topological polar surface area (TPSA) is 73.1 Å². The van der Waals surface area contributed by atoms with Crippen LogP contribution in [0.1, 0.15) is 33.1 Å². The van der Waals surface area contributed by atoms with Gasteiger partial charge in [0.2, 0.25) is 0 Å². The molecule has 3 N–H and O–H groups in total. The monoisotopic (exact) mass is 330 g/mol. The SMILES string of the molecule is CCCSc1nc(Cl)c(N)c(NC2CC(C)C(OC)C2)n1. The predicted octanol–water partition coefficient (Wildman–Crippen LogP) is 3.44. The van der Waals surface area contributed by atoms with Crippen molar-refractivity contribution in [1.29, 1.82) is 0 Å². The zero-order valence-electron chi connectivity index (χ0n) is 12.7. The first-order valence-electron chi connectivity index (χ1n) is 7.30. The molecule has 1 heterocycles. The lowest BCUT2D eigenvalue weighted by Crippen LogP contribution is -2.19. The van der Waals surface area contributed by atoms with Crippen LogP contribution in [-0.2, 0) is 4.74 Å². The minimum Gasteiger partial charge on any atom is -0.393 e. The van der Waals surface area contributed by atoms with Crippen LogP contribution in [0.4, 0.5) is 11.5 Å². The number of methoxy groups -OCH3 is 1. The Bertz CT molecular complexity index is 488. The van der Waals surface area contributed by atoms with Gasteiger partial charge in [-0.2, -0.15) is 0 Å². The summed E-state index contributed by atoms with van der Waals surface area (Å²) in [5.41, 5.74) is 6.42. The minimum atomic E-state index is 0.287. The van der Waals surface area contributed by atoms with E-state index in [1.165, 1.54) is 0 Å². The highest BCUT2D eigenvalue weighted by molar-refractivity contribution is 7.99. The van der Waals surface area contributed by atoms with Gasteiger partial charge in [-0.3, -0.25) is 0 Å². The van der Waals surface area contributed by atoms with E-state index in [0.29, 0.717) is 33.8 Å². The van der Waals surface area contributed by atoms with Gasteiger partial charge in [-0.1, -0.05) is 37.2 Å². The van der Waals surface area contributed by atoms with Crippen molar-refractivity contribution in [2.45, 2.75) is 50.4 Å². The maximum Gasteiger partial charge on any atom is 0.191 e. The number of nitrogens with two attached hydrogens (primary N) is 1. The van der Waals surface area contributed by atoms with Gasteiger partial charge in [-0.25, -0.2) is 9.97 Å². The lowest BCUT2D eigenvalue weighted by Gasteiger charge is -2.16. The van der Waals surface area contributed by atoms with E-state index in [9.17, 15) is 0 Å². The lowest BCUT2D eigenvalue weighted by atomic mass is 10.1. The van der Waals surface area contributed by atoms with E-state index >= 15 is 0 Å². The fourth-order valence-electron chi connectivity index (χ4n) is 2.64. The molecular weight excluding hydrogens is 308 g/mol. The van der Waals surface area contributed by atoms with Crippen molar-refractivity contribution >= 4 is 34.9 Å². The van der Waals surface area contributed by atoms with Crippen LogP contribution >= 0.6 is 23.4 Å². The number of rotatable bonds is 6. The lowest BCUT2D eigenvalue weighted by molar-refractivity contribution is 0.0771. The van der Waals surface area contributed by atoms with Crippen LogP contribution in [0.5, 0.6) is 0 Å². The molecule has 118 valence electrons. The highest BCUT2D eigenvalue weighted by Gasteiger charge is 2.32. The zero-order valence-corrected chi connectivity index (χ0v) is 14.3. The number of nitrogens with zero attached hydrogens (tertiary/aromatic N) is 2. The molecular formula is C14H23ClN4OS. The number of anilines is 2. The van der Waals surface area contributed by atoms with Gasteiger partial charge < -0.3 is 15.8 Å². The maximum absolute atomic E-state index is 6.11. The Kier molecular flexibility index (Phi) is 5.96. The van der Waals surface area contributed by atoms with Crippen LogP contribution in [0.25, 0.3) is 0 Å². The fourth-order valence-corrected chi connectivity index (χ4v) is 3.56. The Hall–Kier alpha value is -0.720. The molecule has 1 fully saturated rings. The molecule has 1 aromatic rings. The van der Waals surface area contributed by atoms with Gasteiger partial charge in [0.15, 0.2) is 16.1 Å². The van der Waals surface area contributed by atoms with Gasteiger partial charge in [-0.15, -0.1) is 0 Å². The van der Waals surface area contributed by atoms with Crippen LogP contribution in [0.2, 0.25) is 5.15 Å². The van der Waals surface area contributed by atoms with Crippen LogP contribution in [-0.4, -0.2) is 35.0 Å². The second kappa shape index (κ2) is 7.51. The molecule has 1 saturated carbocycles. The van der Waals surface area contributed by atoms with Gasteiger partial charge in [-0.05, 0) is 25.2 Å². The summed E-state index contributed by atoms with van der Waals surface area (Å²) < 4.78 is 5.49. The van der Waals surface area contributed by atoms with Crippen LogP contribution in [0.15, 0.2) is 5.16 Å². The van der Waals surface area contributed by atoms with Gasteiger partial charge in [0, 0.05) is 18.9 Å². The van der Waals surface area contributed by atoms with Crippen LogP contribution in [0, 0.1) is 5.92 Å². The van der Waals surface area contributed by atoms with E-state index in [1.54, 1.807) is 18.9 Å². The number of aromatic nitrogens is 2. The average Bonchev–Trinajstić information content (AvgIpc) is 2.81. The number of ether oxygens (including phenoxy) is 1. The van der Waals surface area contributed by atoms with E-state index in [-0.39, 0.29) is 6.10 Å². The predicted molar refractivity (Wildman–Crippen MR) is 89.1 cm³/mol. The molecule has 2 rings (SSSR count). The molecule has 0 bridgehead atoms. The summed E-state index contributed by atoms with van der Waals surface area (Å²) in [6.07, 6.45) is 3.34. The Morgan fingerprint density at radius 3 is 2.81 bits per heavy atom.